The van der Waals surface area contributed by atoms with Gasteiger partial charge in [-0.1, -0.05) is 0 Å². The lowest BCUT2D eigenvalue weighted by Gasteiger charge is -2.04. The summed E-state index contributed by atoms with van der Waals surface area (Å²) in [6.45, 7) is 1.04. The number of ether oxygens (including phenoxy) is 2. The molecule has 0 aliphatic carbocycles. The van der Waals surface area contributed by atoms with Crippen molar-refractivity contribution in [1.29, 1.82) is 0 Å². The van der Waals surface area contributed by atoms with Gasteiger partial charge >= 0.3 is 0 Å². The van der Waals surface area contributed by atoms with E-state index in [2.05, 4.69) is 15.9 Å². The molecular formula is C8H7BrF2O2S. The second-order valence-corrected chi connectivity index (χ2v) is 4.70. The van der Waals surface area contributed by atoms with Crippen LogP contribution in [0.1, 0.15) is 22.5 Å². The van der Waals surface area contributed by atoms with Crippen LogP contribution in [0.3, 0.4) is 0 Å². The zero-order chi connectivity index (χ0) is 10.1. The molecule has 1 fully saturated rings. The smallest absolute Gasteiger partial charge is 0.273 e. The maximum absolute atomic E-state index is 12.4. The number of alkyl halides is 2. The molecular weight excluding hydrogens is 278 g/mol. The Hall–Kier alpha value is -0.0400. The minimum absolute atomic E-state index is 0.0269. The van der Waals surface area contributed by atoms with Crippen molar-refractivity contribution in [2.45, 2.75) is 12.7 Å². The van der Waals surface area contributed by atoms with Crippen molar-refractivity contribution in [3.8, 4) is 0 Å². The van der Waals surface area contributed by atoms with Crippen molar-refractivity contribution >= 4 is 27.3 Å². The molecule has 14 heavy (non-hydrogen) atoms. The average molecular weight is 285 g/mol. The molecule has 6 heteroatoms. The lowest BCUT2D eigenvalue weighted by Crippen LogP contribution is -1.93. The fourth-order valence-electron chi connectivity index (χ4n) is 1.19. The summed E-state index contributed by atoms with van der Waals surface area (Å²) in [5, 5.41) is 0. The highest BCUT2D eigenvalue weighted by Gasteiger charge is 2.24. The lowest BCUT2D eigenvalue weighted by atomic mass is 10.4. The molecule has 78 valence electrons. The van der Waals surface area contributed by atoms with Gasteiger partial charge in [0.25, 0.3) is 6.43 Å². The first-order chi connectivity index (χ1) is 6.68. The van der Waals surface area contributed by atoms with Crippen LogP contribution in [0.4, 0.5) is 8.78 Å². The molecule has 1 aromatic rings. The van der Waals surface area contributed by atoms with E-state index in [0.717, 1.165) is 11.3 Å². The summed E-state index contributed by atoms with van der Waals surface area (Å²) in [5.41, 5.74) is 0. The largest absolute Gasteiger partial charge is 0.345 e. The Balaban J connectivity index is 2.22. The highest BCUT2D eigenvalue weighted by molar-refractivity contribution is 9.10. The van der Waals surface area contributed by atoms with Gasteiger partial charge in [-0.05, 0) is 22.0 Å². The van der Waals surface area contributed by atoms with Crippen molar-refractivity contribution in [1.82, 2.24) is 0 Å². The van der Waals surface area contributed by atoms with Gasteiger partial charge in [0.05, 0.1) is 23.0 Å². The molecule has 0 spiro atoms. The first-order valence-electron chi connectivity index (χ1n) is 3.99. The van der Waals surface area contributed by atoms with Gasteiger partial charge in [-0.15, -0.1) is 11.3 Å². The summed E-state index contributed by atoms with van der Waals surface area (Å²) in [4.78, 5) is 0.712. The summed E-state index contributed by atoms with van der Waals surface area (Å²) in [6.07, 6.45) is -2.92. The van der Waals surface area contributed by atoms with Crippen LogP contribution in [-0.4, -0.2) is 13.2 Å². The minimum Gasteiger partial charge on any atom is -0.345 e. The second-order valence-electron chi connectivity index (χ2n) is 2.74. The van der Waals surface area contributed by atoms with E-state index >= 15 is 0 Å². The van der Waals surface area contributed by atoms with Crippen molar-refractivity contribution in [2.75, 3.05) is 13.2 Å². The van der Waals surface area contributed by atoms with Crippen LogP contribution in [0.5, 0.6) is 0 Å². The van der Waals surface area contributed by atoms with Crippen LogP contribution in [0.25, 0.3) is 0 Å². The molecule has 0 bridgehead atoms. The number of rotatable bonds is 2. The van der Waals surface area contributed by atoms with Gasteiger partial charge in [-0.2, -0.15) is 0 Å². The Bertz CT molecular complexity index is 323. The summed E-state index contributed by atoms with van der Waals surface area (Å²) in [7, 11) is 0. The zero-order valence-corrected chi connectivity index (χ0v) is 9.41. The van der Waals surface area contributed by atoms with Gasteiger partial charge in [-0.3, -0.25) is 0 Å². The summed E-state index contributed by atoms with van der Waals surface area (Å²) in [5.74, 6) is 0. The van der Waals surface area contributed by atoms with E-state index in [1.165, 1.54) is 0 Å². The minimum atomic E-state index is -2.45. The molecule has 1 saturated heterocycles. The molecule has 0 atom stereocenters. The van der Waals surface area contributed by atoms with E-state index in [1.807, 2.05) is 0 Å². The lowest BCUT2D eigenvalue weighted by molar-refractivity contribution is -0.0413. The molecule has 0 aromatic carbocycles. The SMILES string of the molecule is FC(F)c1sc(C2OCCO2)cc1Br. The molecule has 2 heterocycles. The maximum Gasteiger partial charge on any atom is 0.273 e. The number of thiophene rings is 1. The highest BCUT2D eigenvalue weighted by atomic mass is 79.9. The van der Waals surface area contributed by atoms with Crippen LogP contribution in [0, 0.1) is 0 Å². The van der Waals surface area contributed by atoms with Crippen molar-refractivity contribution in [3.05, 3.63) is 20.3 Å². The summed E-state index contributed by atoms with van der Waals surface area (Å²) in [6, 6.07) is 1.63. The second kappa shape index (κ2) is 4.22. The van der Waals surface area contributed by atoms with Crippen molar-refractivity contribution in [3.63, 3.8) is 0 Å². The molecule has 2 nitrogen and oxygen atoms in total. The molecule has 0 saturated carbocycles. The maximum atomic E-state index is 12.4. The average Bonchev–Trinajstić information content (AvgIpc) is 2.70. The summed E-state index contributed by atoms with van der Waals surface area (Å²) >= 11 is 4.10. The van der Waals surface area contributed by atoms with Gasteiger partial charge in [0.1, 0.15) is 0 Å². The predicted molar refractivity (Wildman–Crippen MR) is 51.6 cm³/mol. The van der Waals surface area contributed by atoms with Crippen LogP contribution < -0.4 is 0 Å². The normalized spacial score (nSPS) is 18.3. The molecule has 0 radical (unpaired) electrons. The molecule has 1 aromatic heterocycles. The van der Waals surface area contributed by atoms with Gasteiger partial charge in [-0.25, -0.2) is 8.78 Å². The monoisotopic (exact) mass is 284 g/mol. The standard InChI is InChI=1S/C8H7BrF2O2S/c9-4-3-5(8-12-1-2-13-8)14-6(4)7(10)11/h3,7-8H,1-2H2. The first kappa shape index (κ1) is 10.5. The Labute approximate surface area is 92.0 Å². The molecule has 1 aliphatic heterocycles. The van der Waals surface area contributed by atoms with Gasteiger partial charge in [0.2, 0.25) is 0 Å². The van der Waals surface area contributed by atoms with Gasteiger partial charge in [0, 0.05) is 4.47 Å². The molecule has 1 aliphatic rings. The van der Waals surface area contributed by atoms with E-state index < -0.39 is 12.7 Å². The van der Waals surface area contributed by atoms with Crippen molar-refractivity contribution in [2.24, 2.45) is 0 Å². The van der Waals surface area contributed by atoms with Crippen molar-refractivity contribution < 1.29 is 18.3 Å². The van der Waals surface area contributed by atoms with E-state index in [4.69, 9.17) is 9.47 Å². The van der Waals surface area contributed by atoms with E-state index in [1.54, 1.807) is 6.07 Å². The fourth-order valence-corrected chi connectivity index (χ4v) is 2.91. The quantitative estimate of drug-likeness (QED) is 0.828. The van der Waals surface area contributed by atoms with E-state index in [0.29, 0.717) is 22.6 Å². The third kappa shape index (κ3) is 1.98. The Kier molecular flexibility index (Phi) is 3.16. The molecule has 0 amide bonds. The topological polar surface area (TPSA) is 18.5 Å². The number of hydrogen-bond donors (Lipinski definition) is 0. The van der Waals surface area contributed by atoms with E-state index in [-0.39, 0.29) is 4.88 Å². The third-order valence-electron chi connectivity index (χ3n) is 1.78. The zero-order valence-electron chi connectivity index (χ0n) is 7.00. The number of halogens is 3. The van der Waals surface area contributed by atoms with Crippen LogP contribution >= 0.6 is 27.3 Å². The molecule has 0 N–H and O–H groups in total. The van der Waals surface area contributed by atoms with E-state index in [9.17, 15) is 8.78 Å². The highest BCUT2D eigenvalue weighted by Crippen LogP contribution is 2.39. The Morgan fingerprint density at radius 1 is 1.43 bits per heavy atom. The Morgan fingerprint density at radius 2 is 2.07 bits per heavy atom. The molecule has 0 unspecified atom stereocenters. The fraction of sp³-hybridized carbons (Fsp3) is 0.500. The molecule has 2 rings (SSSR count). The number of hydrogen-bond acceptors (Lipinski definition) is 3. The predicted octanol–water partition coefficient (Wildman–Crippen LogP) is 3.49. The van der Waals surface area contributed by atoms with Crippen LogP contribution in [0.15, 0.2) is 10.5 Å². The van der Waals surface area contributed by atoms with Crippen LogP contribution in [-0.2, 0) is 9.47 Å². The first-order valence-corrected chi connectivity index (χ1v) is 5.60. The summed E-state index contributed by atoms with van der Waals surface area (Å²) < 4.78 is 35.7. The van der Waals surface area contributed by atoms with Gasteiger partial charge < -0.3 is 9.47 Å². The third-order valence-corrected chi connectivity index (χ3v) is 3.87. The Morgan fingerprint density at radius 3 is 2.57 bits per heavy atom. The van der Waals surface area contributed by atoms with Gasteiger partial charge in [0.15, 0.2) is 6.29 Å². The van der Waals surface area contributed by atoms with Crippen LogP contribution in [0.2, 0.25) is 0 Å².